The van der Waals surface area contributed by atoms with E-state index in [0.717, 1.165) is 35.2 Å². The summed E-state index contributed by atoms with van der Waals surface area (Å²) in [4.78, 5) is 37.5. The molecule has 4 rings (SSSR count). The third-order valence-corrected chi connectivity index (χ3v) is 6.29. The largest absolute Gasteiger partial charge is 0.383 e. The molecule has 0 fully saturated rings. The van der Waals surface area contributed by atoms with Gasteiger partial charge in [-0.05, 0) is 47.8 Å². The van der Waals surface area contributed by atoms with Gasteiger partial charge in [-0.1, -0.05) is 24.3 Å². The van der Waals surface area contributed by atoms with Crippen LogP contribution >= 0.6 is 0 Å². The fourth-order valence-electron chi connectivity index (χ4n) is 4.68. The molecule has 0 atom stereocenters. The lowest BCUT2D eigenvalue weighted by Gasteiger charge is -2.26. The Hall–Kier alpha value is -3.20. The fourth-order valence-corrected chi connectivity index (χ4v) is 4.68. The van der Waals surface area contributed by atoms with Crippen molar-refractivity contribution in [2.45, 2.75) is 6.54 Å². The van der Waals surface area contributed by atoms with Gasteiger partial charge in [0, 0.05) is 55.4 Å². The summed E-state index contributed by atoms with van der Waals surface area (Å²) in [6.45, 7) is 3.59. The van der Waals surface area contributed by atoms with E-state index in [4.69, 9.17) is 0 Å². The summed E-state index contributed by atoms with van der Waals surface area (Å²) in [5.41, 5.74) is 5.21. The van der Waals surface area contributed by atoms with E-state index in [1.807, 2.05) is 60.6 Å². The molecule has 1 aliphatic rings. The van der Waals surface area contributed by atoms with E-state index in [-0.39, 0.29) is 11.6 Å². The predicted molar refractivity (Wildman–Crippen MR) is 143 cm³/mol. The minimum Gasteiger partial charge on any atom is -0.383 e. The summed E-state index contributed by atoms with van der Waals surface area (Å²) in [6.07, 6.45) is 1.99. The highest BCUT2D eigenvalue weighted by molar-refractivity contribution is 6.35. The number of benzene rings is 2. The number of aromatic nitrogens is 1. The molecule has 3 N–H and O–H groups in total. The molecular formula is C27H36N6O2. The van der Waals surface area contributed by atoms with Crippen molar-refractivity contribution in [3.63, 3.8) is 0 Å². The van der Waals surface area contributed by atoms with Crippen LogP contribution in [0, 0.1) is 0 Å². The van der Waals surface area contributed by atoms with Crippen molar-refractivity contribution >= 4 is 33.8 Å². The normalized spacial score (nSPS) is 13.2. The van der Waals surface area contributed by atoms with Gasteiger partial charge in [0.05, 0.1) is 28.0 Å². The Bertz CT molecular complexity index is 1260. The van der Waals surface area contributed by atoms with Crippen molar-refractivity contribution in [1.82, 2.24) is 19.7 Å². The molecule has 0 amide bonds. The van der Waals surface area contributed by atoms with E-state index in [1.54, 1.807) is 12.1 Å². The number of fused-ring (bicyclic) bond motifs is 3. The lowest BCUT2D eigenvalue weighted by atomic mass is 9.81. The number of aromatic amines is 1. The van der Waals surface area contributed by atoms with Crippen molar-refractivity contribution in [2.75, 3.05) is 79.1 Å². The molecule has 0 saturated carbocycles. The van der Waals surface area contributed by atoms with Crippen molar-refractivity contribution in [3.05, 3.63) is 58.3 Å². The van der Waals surface area contributed by atoms with Crippen molar-refractivity contribution in [2.24, 2.45) is 0 Å². The molecule has 35 heavy (non-hydrogen) atoms. The van der Waals surface area contributed by atoms with Crippen LogP contribution in [0.2, 0.25) is 0 Å². The molecule has 3 aromatic rings. The standard InChI is InChI=1S/C27H36N6O2/c1-31(2)13-11-28-23-20-17(16-33(5)6)15-30-24(20)25(29-12-14-32(3)4)22-21(23)26(34)18-9-7-8-10-19(18)27(22)35/h7-10,15,28-30H,11-14,16H2,1-6H3. The number of hydrogen-bond acceptors (Lipinski definition) is 7. The van der Waals surface area contributed by atoms with Crippen LogP contribution in [0.5, 0.6) is 0 Å². The zero-order chi connectivity index (χ0) is 25.3. The molecule has 1 heterocycles. The van der Waals surface area contributed by atoms with E-state index in [0.29, 0.717) is 47.6 Å². The van der Waals surface area contributed by atoms with Crippen LogP contribution < -0.4 is 10.6 Å². The van der Waals surface area contributed by atoms with Gasteiger partial charge in [-0.25, -0.2) is 0 Å². The Morgan fingerprint density at radius 3 is 1.77 bits per heavy atom. The number of likely N-dealkylation sites (N-methyl/N-ethyl adjacent to an activating group) is 2. The molecule has 0 unspecified atom stereocenters. The molecule has 2 aromatic carbocycles. The maximum Gasteiger partial charge on any atom is 0.196 e. The molecule has 0 radical (unpaired) electrons. The number of rotatable bonds is 10. The van der Waals surface area contributed by atoms with Gasteiger partial charge in [0.2, 0.25) is 0 Å². The van der Waals surface area contributed by atoms with E-state index in [1.165, 1.54) is 0 Å². The number of nitrogens with zero attached hydrogens (tertiary/aromatic N) is 3. The second-order valence-corrected chi connectivity index (χ2v) is 9.97. The quantitative estimate of drug-likeness (QED) is 0.304. The second kappa shape index (κ2) is 10.2. The number of H-pyrrole nitrogens is 1. The fraction of sp³-hybridized carbons (Fsp3) is 0.407. The number of nitrogens with one attached hydrogen (secondary N) is 3. The Kier molecular flexibility index (Phi) is 7.25. The van der Waals surface area contributed by atoms with Gasteiger partial charge in [-0.2, -0.15) is 0 Å². The number of carbonyl (C=O) groups excluding carboxylic acids is 2. The lowest BCUT2D eigenvalue weighted by Crippen LogP contribution is -2.28. The molecule has 8 nitrogen and oxygen atoms in total. The molecule has 1 aromatic heterocycles. The summed E-state index contributed by atoms with van der Waals surface area (Å²) >= 11 is 0. The predicted octanol–water partition coefficient (Wildman–Crippen LogP) is 2.95. The zero-order valence-corrected chi connectivity index (χ0v) is 21.6. The van der Waals surface area contributed by atoms with E-state index < -0.39 is 0 Å². The Balaban J connectivity index is 1.99. The number of carbonyl (C=O) groups is 2. The number of ketones is 2. The van der Waals surface area contributed by atoms with Crippen LogP contribution in [-0.2, 0) is 6.54 Å². The van der Waals surface area contributed by atoms with Gasteiger partial charge in [0.15, 0.2) is 11.6 Å². The summed E-state index contributed by atoms with van der Waals surface area (Å²) in [7, 11) is 12.1. The molecule has 0 aliphatic heterocycles. The van der Waals surface area contributed by atoms with Crippen LogP contribution in [0.4, 0.5) is 11.4 Å². The number of anilines is 2. The van der Waals surface area contributed by atoms with E-state index in [2.05, 4.69) is 30.3 Å². The minimum atomic E-state index is -0.121. The Labute approximate surface area is 207 Å². The SMILES string of the molecule is CN(C)CCNc1c2c(c(NCCN(C)C)c3c(CN(C)C)c[nH]c13)C(=O)c1ccccc1C2=O. The Morgan fingerprint density at radius 1 is 0.743 bits per heavy atom. The molecule has 0 bridgehead atoms. The van der Waals surface area contributed by atoms with Crippen molar-refractivity contribution in [1.29, 1.82) is 0 Å². The topological polar surface area (TPSA) is 83.7 Å². The lowest BCUT2D eigenvalue weighted by molar-refractivity contribution is 0.0980. The van der Waals surface area contributed by atoms with Gasteiger partial charge < -0.3 is 30.3 Å². The summed E-state index contributed by atoms with van der Waals surface area (Å²) in [6, 6.07) is 7.13. The minimum absolute atomic E-state index is 0.114. The molecule has 1 aliphatic carbocycles. The molecule has 8 heteroatoms. The monoisotopic (exact) mass is 476 g/mol. The van der Waals surface area contributed by atoms with Gasteiger partial charge in [-0.3, -0.25) is 9.59 Å². The first-order valence-electron chi connectivity index (χ1n) is 12.0. The average Bonchev–Trinajstić information content (AvgIpc) is 3.20. The van der Waals surface area contributed by atoms with Crippen LogP contribution in [0.3, 0.4) is 0 Å². The van der Waals surface area contributed by atoms with Crippen molar-refractivity contribution in [3.8, 4) is 0 Å². The highest BCUT2D eigenvalue weighted by Gasteiger charge is 2.36. The second-order valence-electron chi connectivity index (χ2n) is 9.97. The first-order valence-corrected chi connectivity index (χ1v) is 12.0. The average molecular weight is 477 g/mol. The van der Waals surface area contributed by atoms with Gasteiger partial charge in [0.25, 0.3) is 0 Å². The zero-order valence-electron chi connectivity index (χ0n) is 21.6. The smallest absolute Gasteiger partial charge is 0.196 e. The Morgan fingerprint density at radius 2 is 1.26 bits per heavy atom. The van der Waals surface area contributed by atoms with E-state index >= 15 is 0 Å². The molecule has 0 spiro atoms. The molecule has 0 saturated heterocycles. The maximum absolute atomic E-state index is 13.9. The highest BCUT2D eigenvalue weighted by Crippen LogP contribution is 2.44. The summed E-state index contributed by atoms with van der Waals surface area (Å²) in [5, 5.41) is 8.00. The van der Waals surface area contributed by atoms with Crippen molar-refractivity contribution < 1.29 is 9.59 Å². The highest BCUT2D eigenvalue weighted by atomic mass is 16.1. The van der Waals surface area contributed by atoms with E-state index in [9.17, 15) is 9.59 Å². The van der Waals surface area contributed by atoms with Crippen LogP contribution in [0.25, 0.3) is 10.9 Å². The van der Waals surface area contributed by atoms with Crippen LogP contribution in [0.1, 0.15) is 37.4 Å². The number of hydrogen-bond donors (Lipinski definition) is 3. The molecule has 186 valence electrons. The van der Waals surface area contributed by atoms with Gasteiger partial charge in [0.1, 0.15) is 0 Å². The van der Waals surface area contributed by atoms with Gasteiger partial charge >= 0.3 is 0 Å². The third-order valence-electron chi connectivity index (χ3n) is 6.29. The van der Waals surface area contributed by atoms with Gasteiger partial charge in [-0.15, -0.1) is 0 Å². The first-order chi connectivity index (χ1) is 16.7. The third kappa shape index (κ3) is 4.82. The first kappa shape index (κ1) is 24.9. The van der Waals surface area contributed by atoms with Crippen LogP contribution in [-0.4, -0.2) is 99.7 Å². The van der Waals surface area contributed by atoms with Crippen LogP contribution in [0.15, 0.2) is 30.5 Å². The summed E-state index contributed by atoms with van der Waals surface area (Å²) < 4.78 is 0. The summed E-state index contributed by atoms with van der Waals surface area (Å²) in [5.74, 6) is -0.235. The maximum atomic E-state index is 13.9. The molecular weight excluding hydrogens is 440 g/mol.